The van der Waals surface area contributed by atoms with Gasteiger partial charge >= 0.3 is 7.12 Å². The van der Waals surface area contributed by atoms with E-state index in [1.165, 1.54) is 0 Å². The highest BCUT2D eigenvalue weighted by molar-refractivity contribution is 6.51. The van der Waals surface area contributed by atoms with Crippen molar-refractivity contribution < 1.29 is 19.2 Å². The zero-order valence-corrected chi connectivity index (χ0v) is 13.1. The van der Waals surface area contributed by atoms with Crippen LogP contribution < -0.4 is 4.74 Å². The van der Waals surface area contributed by atoms with Crippen molar-refractivity contribution in [2.75, 3.05) is 6.61 Å². The molecular weight excluding hydrogens is 267 g/mol. The number of benzene rings is 1. The number of ether oxygens (including phenoxy) is 1. The van der Waals surface area contributed by atoms with Crippen LogP contribution in [0.15, 0.2) is 36.3 Å². The van der Waals surface area contributed by atoms with Gasteiger partial charge in [0.25, 0.3) is 0 Å². The van der Waals surface area contributed by atoms with E-state index in [2.05, 4.69) is 0 Å². The van der Waals surface area contributed by atoms with Crippen LogP contribution in [-0.2, 0) is 15.9 Å². The molecular formula is C16H23BO4. The van der Waals surface area contributed by atoms with E-state index < -0.39 is 0 Å². The lowest BCUT2D eigenvalue weighted by Crippen LogP contribution is -2.41. The molecule has 1 aromatic rings. The Balaban J connectivity index is 1.81. The van der Waals surface area contributed by atoms with Crippen LogP contribution in [0.3, 0.4) is 0 Å². The molecule has 1 aliphatic heterocycles. The molecule has 0 unspecified atom stereocenters. The minimum Gasteiger partial charge on any atom is -0.490 e. The summed E-state index contributed by atoms with van der Waals surface area (Å²) in [5.74, 6) is 2.64. The van der Waals surface area contributed by atoms with E-state index in [0.717, 1.165) is 11.3 Å². The highest BCUT2D eigenvalue weighted by Crippen LogP contribution is 2.36. The molecule has 5 heteroatoms. The average molecular weight is 290 g/mol. The standard InChI is InChI=1S/C16H23BO4/c1-15(2)16(3,4)21-17(20-15)10-5-11-19-14-8-6-13(12-18)7-9-14/h5-10,18H,11-12H2,1-4H3/b10-5+. The lowest BCUT2D eigenvalue weighted by molar-refractivity contribution is 0.00578. The number of hydrogen-bond donors (Lipinski definition) is 1. The van der Waals surface area contributed by atoms with Crippen molar-refractivity contribution in [1.82, 2.24) is 0 Å². The van der Waals surface area contributed by atoms with E-state index in [1.54, 1.807) is 0 Å². The second kappa shape index (κ2) is 6.22. The minimum atomic E-state index is -0.338. The third-order valence-corrected chi connectivity index (χ3v) is 4.02. The van der Waals surface area contributed by atoms with Crippen LogP contribution in [-0.4, -0.2) is 30.0 Å². The molecule has 0 saturated carbocycles. The third kappa shape index (κ3) is 3.87. The van der Waals surface area contributed by atoms with Crippen molar-refractivity contribution in [1.29, 1.82) is 0 Å². The predicted octanol–water partition coefficient (Wildman–Crippen LogP) is 2.75. The maximum absolute atomic E-state index is 8.97. The second-order valence-electron chi connectivity index (χ2n) is 6.17. The zero-order chi connectivity index (χ0) is 15.5. The topological polar surface area (TPSA) is 47.9 Å². The maximum atomic E-state index is 8.97. The van der Waals surface area contributed by atoms with Crippen LogP contribution in [0.4, 0.5) is 0 Å². The summed E-state index contributed by atoms with van der Waals surface area (Å²) in [4.78, 5) is 0. The van der Waals surface area contributed by atoms with Crippen molar-refractivity contribution >= 4 is 7.12 Å². The predicted molar refractivity (Wildman–Crippen MR) is 83.1 cm³/mol. The van der Waals surface area contributed by atoms with Gasteiger partial charge in [-0.05, 0) is 45.4 Å². The molecule has 4 nitrogen and oxygen atoms in total. The summed E-state index contributed by atoms with van der Waals surface area (Å²) in [6, 6.07) is 7.36. The Labute approximate surface area is 126 Å². The molecule has 1 N–H and O–H groups in total. The molecule has 0 spiro atoms. The molecule has 0 aromatic heterocycles. The molecule has 114 valence electrons. The van der Waals surface area contributed by atoms with Crippen molar-refractivity contribution in [3.63, 3.8) is 0 Å². The van der Waals surface area contributed by atoms with E-state index in [-0.39, 0.29) is 24.9 Å². The molecule has 1 fully saturated rings. The van der Waals surface area contributed by atoms with Crippen molar-refractivity contribution in [3.8, 4) is 5.75 Å². The molecule has 1 aliphatic rings. The minimum absolute atomic E-state index is 0.0438. The van der Waals surface area contributed by atoms with Crippen molar-refractivity contribution in [2.24, 2.45) is 0 Å². The molecule has 0 aliphatic carbocycles. The first kappa shape index (κ1) is 16.1. The van der Waals surface area contributed by atoms with Crippen LogP contribution in [0, 0.1) is 0 Å². The van der Waals surface area contributed by atoms with E-state index in [1.807, 2.05) is 64.0 Å². The van der Waals surface area contributed by atoms with Gasteiger partial charge < -0.3 is 19.2 Å². The number of aliphatic hydroxyl groups is 1. The summed E-state index contributed by atoms with van der Waals surface area (Å²) in [7, 11) is -0.338. The summed E-state index contributed by atoms with van der Waals surface area (Å²) < 4.78 is 17.3. The molecule has 0 amide bonds. The Morgan fingerprint density at radius 3 is 2.19 bits per heavy atom. The summed E-state index contributed by atoms with van der Waals surface area (Å²) >= 11 is 0. The Kier molecular flexibility index (Phi) is 4.76. The highest BCUT2D eigenvalue weighted by atomic mass is 16.7. The number of rotatable bonds is 5. The first-order valence-corrected chi connectivity index (χ1v) is 7.19. The van der Waals surface area contributed by atoms with Crippen LogP contribution in [0.25, 0.3) is 0 Å². The van der Waals surface area contributed by atoms with Gasteiger partial charge in [-0.25, -0.2) is 0 Å². The summed E-state index contributed by atoms with van der Waals surface area (Å²) in [6.07, 6.45) is 1.89. The Bertz CT molecular complexity index is 478. The van der Waals surface area contributed by atoms with Crippen molar-refractivity contribution in [3.05, 3.63) is 41.9 Å². The third-order valence-electron chi connectivity index (χ3n) is 4.02. The van der Waals surface area contributed by atoms with Gasteiger partial charge in [0.05, 0.1) is 17.8 Å². The molecule has 2 rings (SSSR count). The van der Waals surface area contributed by atoms with Gasteiger partial charge in [0.15, 0.2) is 0 Å². The fraction of sp³-hybridized carbons (Fsp3) is 0.500. The summed E-state index contributed by atoms with van der Waals surface area (Å²) in [6.45, 7) is 8.60. The molecule has 21 heavy (non-hydrogen) atoms. The Morgan fingerprint density at radius 1 is 1.10 bits per heavy atom. The molecule has 0 bridgehead atoms. The zero-order valence-electron chi connectivity index (χ0n) is 13.1. The van der Waals surface area contributed by atoms with Crippen LogP contribution in [0.2, 0.25) is 0 Å². The van der Waals surface area contributed by atoms with Gasteiger partial charge in [-0.2, -0.15) is 0 Å². The number of aliphatic hydroxyl groups excluding tert-OH is 1. The monoisotopic (exact) mass is 290 g/mol. The largest absolute Gasteiger partial charge is 0.490 e. The van der Waals surface area contributed by atoms with Crippen molar-refractivity contribution in [2.45, 2.75) is 45.5 Å². The normalized spacial score (nSPS) is 20.1. The lowest BCUT2D eigenvalue weighted by Gasteiger charge is -2.32. The maximum Gasteiger partial charge on any atom is 0.486 e. The van der Waals surface area contributed by atoms with E-state index in [4.69, 9.17) is 19.2 Å². The summed E-state index contributed by atoms with van der Waals surface area (Å²) in [5.41, 5.74) is 0.238. The van der Waals surface area contributed by atoms with Gasteiger partial charge in [0.2, 0.25) is 0 Å². The number of hydrogen-bond acceptors (Lipinski definition) is 4. The molecule has 1 saturated heterocycles. The average Bonchev–Trinajstić information content (AvgIpc) is 2.63. The molecule has 1 heterocycles. The molecule has 1 aromatic carbocycles. The van der Waals surface area contributed by atoms with E-state index in [9.17, 15) is 0 Å². The van der Waals surface area contributed by atoms with Gasteiger partial charge in [0.1, 0.15) is 12.4 Å². The lowest BCUT2D eigenvalue weighted by atomic mass is 9.90. The van der Waals surface area contributed by atoms with E-state index >= 15 is 0 Å². The highest BCUT2D eigenvalue weighted by Gasteiger charge is 2.49. The van der Waals surface area contributed by atoms with Crippen LogP contribution in [0.5, 0.6) is 5.75 Å². The Morgan fingerprint density at radius 2 is 1.67 bits per heavy atom. The van der Waals surface area contributed by atoms with Crippen LogP contribution >= 0.6 is 0 Å². The fourth-order valence-corrected chi connectivity index (χ4v) is 1.97. The van der Waals surface area contributed by atoms with Gasteiger partial charge in [-0.3, -0.25) is 0 Å². The second-order valence-corrected chi connectivity index (χ2v) is 6.17. The summed E-state index contributed by atoms with van der Waals surface area (Å²) in [5, 5.41) is 8.97. The SMILES string of the molecule is CC1(C)OB(/C=C/COc2ccc(CO)cc2)OC1(C)C. The first-order chi connectivity index (χ1) is 9.84. The van der Waals surface area contributed by atoms with E-state index in [0.29, 0.717) is 6.61 Å². The Hall–Kier alpha value is -1.30. The first-order valence-electron chi connectivity index (χ1n) is 7.19. The molecule has 0 atom stereocenters. The fourth-order valence-electron chi connectivity index (χ4n) is 1.97. The molecule has 0 radical (unpaired) electrons. The van der Waals surface area contributed by atoms with Crippen LogP contribution in [0.1, 0.15) is 33.3 Å². The smallest absolute Gasteiger partial charge is 0.486 e. The van der Waals surface area contributed by atoms with Gasteiger partial charge in [-0.1, -0.05) is 24.2 Å². The van der Waals surface area contributed by atoms with Gasteiger partial charge in [0, 0.05) is 0 Å². The van der Waals surface area contributed by atoms with Gasteiger partial charge in [-0.15, -0.1) is 0 Å². The quantitative estimate of drug-likeness (QED) is 0.847.